The zero-order chi connectivity index (χ0) is 19.6. The predicted octanol–water partition coefficient (Wildman–Crippen LogP) is 6.92. The van der Waals surface area contributed by atoms with Gasteiger partial charge in [0.05, 0.1) is 0 Å². The highest BCUT2D eigenvalue weighted by molar-refractivity contribution is 7.73. The van der Waals surface area contributed by atoms with Crippen LogP contribution in [-0.2, 0) is 10.7 Å². The van der Waals surface area contributed by atoms with Gasteiger partial charge in [0.25, 0.3) is 0 Å². The lowest BCUT2D eigenvalue weighted by molar-refractivity contribution is 0.586. The van der Waals surface area contributed by atoms with Gasteiger partial charge in [0.1, 0.15) is 7.14 Å². The summed E-state index contributed by atoms with van der Waals surface area (Å²) >= 11 is 0. The van der Waals surface area contributed by atoms with Gasteiger partial charge >= 0.3 is 0 Å². The van der Waals surface area contributed by atoms with Gasteiger partial charge < -0.3 is 4.57 Å². The van der Waals surface area contributed by atoms with Crippen LogP contribution in [0.1, 0.15) is 27.8 Å². The van der Waals surface area contributed by atoms with Crippen molar-refractivity contribution < 1.29 is 4.57 Å². The molecule has 0 bridgehead atoms. The third kappa shape index (κ3) is 4.31. The molecule has 138 valence electrons. The van der Waals surface area contributed by atoms with Crippen molar-refractivity contribution in [2.75, 3.05) is 0 Å². The number of benzene rings is 3. The van der Waals surface area contributed by atoms with E-state index in [9.17, 15) is 4.57 Å². The molecule has 0 saturated heterocycles. The third-order valence-electron chi connectivity index (χ3n) is 4.89. The van der Waals surface area contributed by atoms with Crippen LogP contribution >= 0.6 is 7.14 Å². The molecule has 3 rings (SSSR count). The zero-order valence-corrected chi connectivity index (χ0v) is 17.5. The molecular weight excluding hydrogens is 347 g/mol. The molecule has 3 aromatic carbocycles. The zero-order valence-electron chi connectivity index (χ0n) is 16.6. The summed E-state index contributed by atoms with van der Waals surface area (Å²) < 4.78 is 13.9. The summed E-state index contributed by atoms with van der Waals surface area (Å²) in [4.78, 5) is 0. The fourth-order valence-electron chi connectivity index (χ4n) is 3.75. The SMILES string of the molecule is C=CP(=O)(Cc1ccccc1-c1cc(C)cc(C)c1)c1cc(C)cc(C)c1. The number of hydrogen-bond acceptors (Lipinski definition) is 1. The summed E-state index contributed by atoms with van der Waals surface area (Å²) in [5, 5.41) is 0.894. The van der Waals surface area contributed by atoms with E-state index in [1.54, 1.807) is 5.82 Å². The smallest absolute Gasteiger partial charge is 0.140 e. The molecule has 1 atom stereocenters. The second kappa shape index (κ2) is 7.71. The molecule has 0 aliphatic rings. The van der Waals surface area contributed by atoms with Gasteiger partial charge in [-0.05, 0) is 62.3 Å². The molecule has 1 nitrogen and oxygen atoms in total. The number of rotatable bonds is 5. The van der Waals surface area contributed by atoms with Crippen molar-refractivity contribution in [1.29, 1.82) is 0 Å². The summed E-state index contributed by atoms with van der Waals surface area (Å²) in [7, 11) is -2.74. The Kier molecular flexibility index (Phi) is 5.53. The molecule has 0 radical (unpaired) electrons. The largest absolute Gasteiger partial charge is 0.314 e. The maximum absolute atomic E-state index is 13.9. The minimum atomic E-state index is -2.74. The molecule has 0 heterocycles. The average Bonchev–Trinajstić information content (AvgIpc) is 2.60. The van der Waals surface area contributed by atoms with E-state index in [0.717, 1.165) is 27.6 Å². The van der Waals surface area contributed by atoms with Gasteiger partial charge in [-0.2, -0.15) is 0 Å². The lowest BCUT2D eigenvalue weighted by Gasteiger charge is -2.19. The van der Waals surface area contributed by atoms with Crippen LogP contribution in [-0.4, -0.2) is 0 Å². The van der Waals surface area contributed by atoms with Crippen molar-refractivity contribution in [3.05, 3.63) is 101 Å². The summed E-state index contributed by atoms with van der Waals surface area (Å²) in [6, 6.07) is 21.0. The molecule has 0 aromatic heterocycles. The Labute approximate surface area is 163 Å². The fraction of sp³-hybridized carbons (Fsp3) is 0.200. The molecule has 3 aromatic rings. The van der Waals surface area contributed by atoms with Gasteiger partial charge in [0.2, 0.25) is 0 Å². The maximum Gasteiger partial charge on any atom is 0.140 e. The van der Waals surface area contributed by atoms with Crippen LogP contribution in [0.4, 0.5) is 0 Å². The van der Waals surface area contributed by atoms with Crippen LogP contribution in [0.5, 0.6) is 0 Å². The van der Waals surface area contributed by atoms with E-state index in [0.29, 0.717) is 6.16 Å². The van der Waals surface area contributed by atoms with E-state index in [-0.39, 0.29) is 0 Å². The van der Waals surface area contributed by atoms with Crippen LogP contribution in [0, 0.1) is 27.7 Å². The average molecular weight is 374 g/mol. The first-order valence-corrected chi connectivity index (χ1v) is 11.2. The quantitative estimate of drug-likeness (QED) is 0.443. The molecule has 0 fully saturated rings. The van der Waals surface area contributed by atoms with Gasteiger partial charge in [0.15, 0.2) is 0 Å². The summed E-state index contributed by atoms with van der Waals surface area (Å²) in [6.45, 7) is 12.3. The van der Waals surface area contributed by atoms with Gasteiger partial charge in [-0.25, -0.2) is 0 Å². The molecule has 0 N–H and O–H groups in total. The second-order valence-electron chi connectivity index (χ2n) is 7.52. The Bertz CT molecular complexity index is 1010. The van der Waals surface area contributed by atoms with E-state index in [1.807, 2.05) is 38.1 Å². The van der Waals surface area contributed by atoms with Crippen molar-refractivity contribution in [3.8, 4) is 11.1 Å². The topological polar surface area (TPSA) is 17.1 Å². The van der Waals surface area contributed by atoms with Crippen LogP contribution < -0.4 is 5.30 Å². The highest BCUT2D eigenvalue weighted by atomic mass is 31.2. The van der Waals surface area contributed by atoms with E-state index < -0.39 is 7.14 Å². The third-order valence-corrected chi connectivity index (χ3v) is 7.43. The van der Waals surface area contributed by atoms with E-state index in [2.05, 4.69) is 56.8 Å². The fourth-order valence-corrected chi connectivity index (χ4v) is 5.90. The Morgan fingerprint density at radius 2 is 1.33 bits per heavy atom. The van der Waals surface area contributed by atoms with E-state index in [4.69, 9.17) is 0 Å². The lowest BCUT2D eigenvalue weighted by Crippen LogP contribution is -2.07. The first kappa shape index (κ1) is 19.4. The molecule has 0 spiro atoms. The number of aryl methyl sites for hydroxylation is 4. The standard InChI is InChI=1S/C25H27OP/c1-6-27(26,24-15-20(4)12-21(5)16-24)17-22-9-7-8-10-25(22)23-13-18(2)11-19(3)14-23/h6-16H,1,17H2,2-5H3. The molecule has 0 amide bonds. The first-order chi connectivity index (χ1) is 12.8. The molecular formula is C25H27OP. The minimum Gasteiger partial charge on any atom is -0.314 e. The highest BCUT2D eigenvalue weighted by Crippen LogP contribution is 2.50. The normalized spacial score (nSPS) is 13.2. The van der Waals surface area contributed by atoms with Crippen molar-refractivity contribution in [2.45, 2.75) is 33.9 Å². The molecule has 0 aliphatic carbocycles. The Balaban J connectivity index is 2.09. The van der Waals surface area contributed by atoms with Gasteiger partial charge in [0, 0.05) is 11.5 Å². The van der Waals surface area contributed by atoms with Crippen molar-refractivity contribution in [3.63, 3.8) is 0 Å². The summed E-state index contributed by atoms with van der Waals surface area (Å²) in [5.74, 6) is 1.67. The molecule has 0 aliphatic heterocycles. The molecule has 27 heavy (non-hydrogen) atoms. The highest BCUT2D eigenvalue weighted by Gasteiger charge is 2.23. The Morgan fingerprint density at radius 3 is 1.89 bits per heavy atom. The van der Waals surface area contributed by atoms with Crippen LogP contribution in [0.25, 0.3) is 11.1 Å². The van der Waals surface area contributed by atoms with E-state index in [1.165, 1.54) is 16.7 Å². The Hall–Kier alpha value is -2.37. The van der Waals surface area contributed by atoms with Crippen LogP contribution in [0.3, 0.4) is 0 Å². The first-order valence-electron chi connectivity index (χ1n) is 9.28. The van der Waals surface area contributed by atoms with Crippen molar-refractivity contribution >= 4 is 12.4 Å². The second-order valence-corrected chi connectivity index (χ2v) is 10.3. The molecule has 2 heteroatoms. The maximum atomic E-state index is 13.9. The predicted molar refractivity (Wildman–Crippen MR) is 118 cm³/mol. The van der Waals surface area contributed by atoms with Crippen LogP contribution in [0.2, 0.25) is 0 Å². The molecule has 1 unspecified atom stereocenters. The monoisotopic (exact) mass is 374 g/mol. The summed E-state index contributed by atoms with van der Waals surface area (Å²) in [5.41, 5.74) is 8.17. The Morgan fingerprint density at radius 1 is 0.815 bits per heavy atom. The van der Waals surface area contributed by atoms with Gasteiger partial charge in [-0.15, -0.1) is 0 Å². The van der Waals surface area contributed by atoms with Crippen molar-refractivity contribution in [1.82, 2.24) is 0 Å². The van der Waals surface area contributed by atoms with Gasteiger partial charge in [-0.3, -0.25) is 0 Å². The number of hydrogen-bond donors (Lipinski definition) is 0. The lowest BCUT2D eigenvalue weighted by atomic mass is 9.97. The minimum absolute atomic E-state index is 0.489. The van der Waals surface area contributed by atoms with Crippen molar-refractivity contribution in [2.24, 2.45) is 0 Å². The van der Waals surface area contributed by atoms with Crippen LogP contribution in [0.15, 0.2) is 73.1 Å². The van der Waals surface area contributed by atoms with E-state index >= 15 is 0 Å². The summed E-state index contributed by atoms with van der Waals surface area (Å²) in [6.07, 6.45) is 0.489. The molecule has 0 saturated carbocycles. The van der Waals surface area contributed by atoms with Gasteiger partial charge in [-0.1, -0.05) is 77.4 Å².